The maximum absolute atomic E-state index is 13.1. The minimum Gasteiger partial charge on any atom is -0.334 e. The Bertz CT molecular complexity index is 859. The van der Waals surface area contributed by atoms with Gasteiger partial charge in [0.05, 0.1) is 11.6 Å². The molecule has 1 aliphatic rings. The Hall–Kier alpha value is -2.64. The van der Waals surface area contributed by atoms with Crippen LogP contribution >= 0.6 is 0 Å². The highest BCUT2D eigenvalue weighted by atomic mass is 19.4. The monoisotopic (exact) mass is 368 g/mol. The topological polar surface area (TPSA) is 42.3 Å². The number of alkyl halides is 3. The molecule has 1 fully saturated rings. The van der Waals surface area contributed by atoms with Crippen molar-refractivity contribution in [2.24, 2.45) is 0 Å². The van der Waals surface area contributed by atoms with Crippen molar-refractivity contribution in [1.82, 2.24) is 9.47 Å². The fourth-order valence-corrected chi connectivity index (χ4v) is 3.16. The Kier molecular flexibility index (Phi) is 4.84. The number of carbonyl (C=O) groups excluding carboxylic acids is 1. The highest BCUT2D eigenvalue weighted by molar-refractivity contribution is 5.77. The molecule has 0 N–H and O–H groups in total. The molecule has 8 heteroatoms. The highest BCUT2D eigenvalue weighted by Crippen LogP contribution is 2.32. The van der Waals surface area contributed by atoms with Crippen molar-refractivity contribution in [3.8, 4) is 0 Å². The maximum atomic E-state index is 13.1. The van der Waals surface area contributed by atoms with E-state index in [1.165, 1.54) is 17.0 Å². The summed E-state index contributed by atoms with van der Waals surface area (Å²) in [6.45, 7) is -0.0327. The van der Waals surface area contributed by atoms with Crippen molar-refractivity contribution in [3.63, 3.8) is 0 Å². The Morgan fingerprint density at radius 2 is 1.81 bits per heavy atom. The molecule has 3 rings (SSSR count). The van der Waals surface area contributed by atoms with Crippen LogP contribution in [0.3, 0.4) is 0 Å². The summed E-state index contributed by atoms with van der Waals surface area (Å²) in [5.74, 6) is -0.835. The second kappa shape index (κ2) is 6.93. The zero-order valence-electron chi connectivity index (χ0n) is 13.7. The van der Waals surface area contributed by atoms with E-state index in [0.717, 1.165) is 22.6 Å². The van der Waals surface area contributed by atoms with E-state index in [2.05, 4.69) is 0 Å². The summed E-state index contributed by atoms with van der Waals surface area (Å²) >= 11 is 0. The number of pyridine rings is 1. The summed E-state index contributed by atoms with van der Waals surface area (Å²) in [5, 5.41) is 0. The number of amides is 1. The third kappa shape index (κ3) is 3.79. The standard InChI is InChI=1S/C18H16F4N2O2/c19-14-6-3-12(4-7-14)15-2-1-9-24(15)17(26)11-23-10-13(18(20,21)22)5-8-16(23)25/h3-8,10,15H,1-2,9,11H2. The van der Waals surface area contributed by atoms with Gasteiger partial charge in [0.15, 0.2) is 0 Å². The summed E-state index contributed by atoms with van der Waals surface area (Å²) in [6, 6.07) is 6.99. The molecular weight excluding hydrogens is 352 g/mol. The van der Waals surface area contributed by atoms with Crippen LogP contribution in [0.1, 0.15) is 30.0 Å². The lowest BCUT2D eigenvalue weighted by atomic mass is 10.0. The molecule has 1 unspecified atom stereocenters. The molecule has 1 amide bonds. The smallest absolute Gasteiger partial charge is 0.334 e. The van der Waals surface area contributed by atoms with Gasteiger partial charge in [0.2, 0.25) is 5.91 Å². The van der Waals surface area contributed by atoms with Crippen LogP contribution in [0, 0.1) is 5.82 Å². The Morgan fingerprint density at radius 3 is 2.46 bits per heavy atom. The average molecular weight is 368 g/mol. The SMILES string of the molecule is O=C(Cn1cc(C(F)(F)F)ccc1=O)N1CCCC1c1ccc(F)cc1. The molecule has 4 nitrogen and oxygen atoms in total. The molecule has 0 radical (unpaired) electrons. The van der Waals surface area contributed by atoms with Crippen molar-refractivity contribution in [3.05, 3.63) is 69.9 Å². The van der Waals surface area contributed by atoms with Crippen LogP contribution in [0.15, 0.2) is 47.4 Å². The van der Waals surface area contributed by atoms with Gasteiger partial charge in [0.1, 0.15) is 12.4 Å². The van der Waals surface area contributed by atoms with E-state index in [1.807, 2.05) is 0 Å². The zero-order chi connectivity index (χ0) is 18.9. The molecule has 1 aliphatic heterocycles. The van der Waals surface area contributed by atoms with E-state index in [4.69, 9.17) is 0 Å². The molecule has 0 spiro atoms. The van der Waals surface area contributed by atoms with Crippen molar-refractivity contribution in [2.75, 3.05) is 6.54 Å². The first-order valence-corrected chi connectivity index (χ1v) is 8.08. The summed E-state index contributed by atoms with van der Waals surface area (Å²) in [6.07, 6.45) is -2.54. The summed E-state index contributed by atoms with van der Waals surface area (Å²) < 4.78 is 52.3. The normalized spacial score (nSPS) is 17.5. The Balaban J connectivity index is 1.81. The summed E-state index contributed by atoms with van der Waals surface area (Å²) in [7, 11) is 0. The first kappa shape index (κ1) is 18.2. The van der Waals surface area contributed by atoms with Crippen LogP contribution < -0.4 is 5.56 Å². The number of rotatable bonds is 3. The van der Waals surface area contributed by atoms with Gasteiger partial charge in [-0.05, 0) is 36.6 Å². The molecule has 0 saturated carbocycles. The summed E-state index contributed by atoms with van der Waals surface area (Å²) in [4.78, 5) is 25.9. The van der Waals surface area contributed by atoms with Gasteiger partial charge in [-0.2, -0.15) is 13.2 Å². The number of hydrogen-bond acceptors (Lipinski definition) is 2. The number of halogens is 4. The fourth-order valence-electron chi connectivity index (χ4n) is 3.16. The number of benzene rings is 1. The van der Waals surface area contributed by atoms with Crippen molar-refractivity contribution in [1.29, 1.82) is 0 Å². The molecule has 1 saturated heterocycles. The fraction of sp³-hybridized carbons (Fsp3) is 0.333. The number of hydrogen-bond donors (Lipinski definition) is 0. The molecule has 2 aromatic rings. The van der Waals surface area contributed by atoms with Crippen LogP contribution in [0.4, 0.5) is 17.6 Å². The Morgan fingerprint density at radius 1 is 1.12 bits per heavy atom. The molecule has 1 atom stereocenters. The van der Waals surface area contributed by atoms with E-state index in [1.54, 1.807) is 12.1 Å². The van der Waals surface area contributed by atoms with Gasteiger partial charge >= 0.3 is 6.18 Å². The number of nitrogens with zero attached hydrogens (tertiary/aromatic N) is 2. The minimum absolute atomic E-state index is 0.274. The molecule has 1 aromatic heterocycles. The third-order valence-electron chi connectivity index (χ3n) is 4.44. The second-order valence-corrected chi connectivity index (χ2v) is 6.18. The molecule has 26 heavy (non-hydrogen) atoms. The maximum Gasteiger partial charge on any atom is 0.417 e. The van der Waals surface area contributed by atoms with Gasteiger partial charge in [-0.1, -0.05) is 12.1 Å². The van der Waals surface area contributed by atoms with Gasteiger partial charge < -0.3 is 9.47 Å². The van der Waals surface area contributed by atoms with Gasteiger partial charge in [-0.3, -0.25) is 9.59 Å². The minimum atomic E-state index is -4.59. The molecule has 1 aromatic carbocycles. The van der Waals surface area contributed by atoms with Crippen molar-refractivity contribution >= 4 is 5.91 Å². The van der Waals surface area contributed by atoms with Crippen LogP contribution in [0.5, 0.6) is 0 Å². The van der Waals surface area contributed by atoms with Crippen molar-refractivity contribution in [2.45, 2.75) is 31.6 Å². The quantitative estimate of drug-likeness (QED) is 0.780. The van der Waals surface area contributed by atoms with Gasteiger partial charge in [-0.25, -0.2) is 4.39 Å². The van der Waals surface area contributed by atoms with Crippen LogP contribution in [0.2, 0.25) is 0 Å². The second-order valence-electron chi connectivity index (χ2n) is 6.18. The zero-order valence-corrected chi connectivity index (χ0v) is 13.7. The van der Waals surface area contributed by atoms with E-state index in [0.29, 0.717) is 25.2 Å². The highest BCUT2D eigenvalue weighted by Gasteiger charge is 2.32. The predicted octanol–water partition coefficient (Wildman–Crippen LogP) is 3.37. The first-order valence-electron chi connectivity index (χ1n) is 8.08. The lowest BCUT2D eigenvalue weighted by Crippen LogP contribution is -2.36. The lowest BCUT2D eigenvalue weighted by molar-refractivity contribution is -0.139. The number of aromatic nitrogens is 1. The molecule has 2 heterocycles. The largest absolute Gasteiger partial charge is 0.417 e. The predicted molar refractivity (Wildman–Crippen MR) is 85.8 cm³/mol. The van der Waals surface area contributed by atoms with E-state index < -0.39 is 29.8 Å². The molecule has 138 valence electrons. The van der Waals surface area contributed by atoms with Gasteiger partial charge in [0, 0.05) is 18.8 Å². The van der Waals surface area contributed by atoms with E-state index in [-0.39, 0.29) is 11.9 Å². The van der Waals surface area contributed by atoms with E-state index >= 15 is 0 Å². The van der Waals surface area contributed by atoms with Crippen molar-refractivity contribution < 1.29 is 22.4 Å². The summed E-state index contributed by atoms with van der Waals surface area (Å²) in [5.41, 5.74) is -0.904. The van der Waals surface area contributed by atoms with E-state index in [9.17, 15) is 27.2 Å². The number of carbonyl (C=O) groups is 1. The van der Waals surface area contributed by atoms with Crippen LogP contribution in [-0.4, -0.2) is 21.9 Å². The molecular formula is C18H16F4N2O2. The van der Waals surface area contributed by atoms with Gasteiger partial charge in [0.25, 0.3) is 5.56 Å². The molecule has 0 bridgehead atoms. The van der Waals surface area contributed by atoms with Crippen LogP contribution in [0.25, 0.3) is 0 Å². The number of likely N-dealkylation sites (tertiary alicyclic amines) is 1. The first-order chi connectivity index (χ1) is 12.3. The average Bonchev–Trinajstić information content (AvgIpc) is 3.06. The Labute approximate surface area is 146 Å². The van der Waals surface area contributed by atoms with Gasteiger partial charge in [-0.15, -0.1) is 0 Å². The lowest BCUT2D eigenvalue weighted by Gasteiger charge is -2.25. The third-order valence-corrected chi connectivity index (χ3v) is 4.44. The molecule has 0 aliphatic carbocycles. The van der Waals surface area contributed by atoms with Crippen LogP contribution in [-0.2, 0) is 17.5 Å².